The van der Waals surface area contributed by atoms with Crippen molar-refractivity contribution in [1.29, 1.82) is 0 Å². The van der Waals surface area contributed by atoms with Crippen molar-refractivity contribution in [3.05, 3.63) is 22.6 Å². The fourth-order valence-corrected chi connectivity index (χ4v) is 3.27. The molecular formula is C14H20N4S. The van der Waals surface area contributed by atoms with Crippen molar-refractivity contribution >= 4 is 23.4 Å². The predicted octanol–water partition coefficient (Wildman–Crippen LogP) is 2.74. The molecule has 1 atom stereocenters. The molecule has 1 N–H and O–H groups in total. The maximum absolute atomic E-state index is 5.45. The molecule has 0 amide bonds. The summed E-state index contributed by atoms with van der Waals surface area (Å²) < 4.78 is 2.95. The molecule has 2 aromatic heterocycles. The Morgan fingerprint density at radius 1 is 1.53 bits per heavy atom. The van der Waals surface area contributed by atoms with Gasteiger partial charge in [-0.2, -0.15) is 0 Å². The fourth-order valence-electron chi connectivity index (χ4n) is 3.00. The third-order valence-electron chi connectivity index (χ3n) is 3.91. The van der Waals surface area contributed by atoms with Crippen LogP contribution in [-0.4, -0.2) is 39.6 Å². The second-order valence-electron chi connectivity index (χ2n) is 5.70. The second-order valence-corrected chi connectivity index (χ2v) is 6.08. The number of nitrogens with one attached hydrogen (secondary N) is 1. The Morgan fingerprint density at radius 2 is 2.37 bits per heavy atom. The van der Waals surface area contributed by atoms with Gasteiger partial charge in [0.25, 0.3) is 0 Å². The van der Waals surface area contributed by atoms with Gasteiger partial charge in [-0.25, -0.2) is 4.98 Å². The summed E-state index contributed by atoms with van der Waals surface area (Å²) in [5.41, 5.74) is 3.20. The lowest BCUT2D eigenvalue weighted by Crippen LogP contribution is -2.34. The molecule has 0 aromatic carbocycles. The number of hydrogen-bond donors (Lipinski definition) is 1. The van der Waals surface area contributed by atoms with Crippen LogP contribution in [0.1, 0.15) is 18.4 Å². The molecule has 4 nitrogen and oxygen atoms in total. The van der Waals surface area contributed by atoms with E-state index >= 15 is 0 Å². The van der Waals surface area contributed by atoms with E-state index in [9.17, 15) is 0 Å². The van der Waals surface area contributed by atoms with Crippen LogP contribution in [0.15, 0.2) is 12.3 Å². The first-order chi connectivity index (χ1) is 9.13. The van der Waals surface area contributed by atoms with Crippen LogP contribution in [0.2, 0.25) is 0 Å². The van der Waals surface area contributed by atoms with Crippen LogP contribution in [0.25, 0.3) is 11.2 Å². The Morgan fingerprint density at radius 3 is 3.16 bits per heavy atom. The van der Waals surface area contributed by atoms with Gasteiger partial charge in [0.2, 0.25) is 0 Å². The maximum Gasteiger partial charge on any atom is 0.179 e. The quantitative estimate of drug-likeness (QED) is 0.857. The SMILES string of the molecule is Cc1cnc2c(c1)[nH]c(=S)n2CC1CCCN(C)C1. The van der Waals surface area contributed by atoms with Crippen LogP contribution < -0.4 is 0 Å². The van der Waals surface area contributed by atoms with E-state index in [-0.39, 0.29) is 0 Å². The van der Waals surface area contributed by atoms with Gasteiger partial charge in [-0.1, -0.05) is 0 Å². The number of piperidine rings is 1. The van der Waals surface area contributed by atoms with Crippen molar-refractivity contribution < 1.29 is 0 Å². The lowest BCUT2D eigenvalue weighted by atomic mass is 9.98. The number of hydrogen-bond acceptors (Lipinski definition) is 3. The molecule has 0 radical (unpaired) electrons. The molecule has 1 fully saturated rings. The number of fused-ring (bicyclic) bond motifs is 1. The Balaban J connectivity index is 1.92. The molecule has 0 aliphatic carbocycles. The number of aromatic amines is 1. The topological polar surface area (TPSA) is 36.9 Å². The lowest BCUT2D eigenvalue weighted by molar-refractivity contribution is 0.195. The zero-order chi connectivity index (χ0) is 13.4. The van der Waals surface area contributed by atoms with Crippen LogP contribution in [-0.2, 0) is 6.54 Å². The van der Waals surface area contributed by atoms with Gasteiger partial charge >= 0.3 is 0 Å². The van der Waals surface area contributed by atoms with Crippen LogP contribution >= 0.6 is 12.2 Å². The standard InChI is InChI=1S/C14H20N4S/c1-10-6-12-13(15-7-10)18(14(19)16-12)9-11-4-3-5-17(2)8-11/h6-7,11H,3-5,8-9H2,1-2H3,(H,16,19). The zero-order valence-electron chi connectivity index (χ0n) is 11.5. The highest BCUT2D eigenvalue weighted by atomic mass is 32.1. The highest BCUT2D eigenvalue weighted by Gasteiger charge is 2.19. The summed E-state index contributed by atoms with van der Waals surface area (Å²) in [6.45, 7) is 5.39. The summed E-state index contributed by atoms with van der Waals surface area (Å²) in [6.07, 6.45) is 4.47. The molecule has 1 unspecified atom stereocenters. The van der Waals surface area contributed by atoms with E-state index in [0.29, 0.717) is 5.92 Å². The van der Waals surface area contributed by atoms with Crippen molar-refractivity contribution in [2.75, 3.05) is 20.1 Å². The Hall–Kier alpha value is -1.20. The number of H-pyrrole nitrogens is 1. The van der Waals surface area contributed by atoms with E-state index in [2.05, 4.69) is 39.5 Å². The molecule has 3 heterocycles. The first kappa shape index (κ1) is 12.8. The largest absolute Gasteiger partial charge is 0.329 e. The van der Waals surface area contributed by atoms with Gasteiger partial charge in [-0.3, -0.25) is 0 Å². The second kappa shape index (κ2) is 5.06. The van der Waals surface area contributed by atoms with Crippen molar-refractivity contribution in [2.45, 2.75) is 26.3 Å². The number of aryl methyl sites for hydroxylation is 1. The average molecular weight is 276 g/mol. The molecule has 5 heteroatoms. The number of nitrogens with zero attached hydrogens (tertiary/aromatic N) is 3. The lowest BCUT2D eigenvalue weighted by Gasteiger charge is -2.29. The van der Waals surface area contributed by atoms with Crippen LogP contribution in [0.3, 0.4) is 0 Å². The summed E-state index contributed by atoms with van der Waals surface area (Å²) in [5, 5.41) is 0. The minimum atomic E-state index is 0.674. The molecule has 1 aliphatic heterocycles. The fraction of sp³-hybridized carbons (Fsp3) is 0.571. The van der Waals surface area contributed by atoms with Gasteiger partial charge in [0.1, 0.15) is 0 Å². The molecule has 19 heavy (non-hydrogen) atoms. The number of imidazole rings is 1. The molecule has 0 spiro atoms. The van der Waals surface area contributed by atoms with Gasteiger partial charge in [-0.15, -0.1) is 0 Å². The zero-order valence-corrected chi connectivity index (χ0v) is 12.3. The predicted molar refractivity (Wildman–Crippen MR) is 79.9 cm³/mol. The molecule has 102 valence electrons. The summed E-state index contributed by atoms with van der Waals surface area (Å²) in [6, 6.07) is 2.11. The van der Waals surface area contributed by atoms with E-state index in [1.165, 1.54) is 19.4 Å². The summed E-state index contributed by atoms with van der Waals surface area (Å²) >= 11 is 5.45. The maximum atomic E-state index is 5.45. The number of pyridine rings is 1. The molecule has 0 saturated carbocycles. The van der Waals surface area contributed by atoms with E-state index in [1.54, 1.807) is 0 Å². The normalized spacial score (nSPS) is 21.1. The monoisotopic (exact) mass is 276 g/mol. The molecule has 0 bridgehead atoms. The van der Waals surface area contributed by atoms with Gasteiger partial charge < -0.3 is 14.5 Å². The third-order valence-corrected chi connectivity index (χ3v) is 4.23. The first-order valence-electron chi connectivity index (χ1n) is 6.87. The first-order valence-corrected chi connectivity index (χ1v) is 7.28. The van der Waals surface area contributed by atoms with Crippen molar-refractivity contribution in [1.82, 2.24) is 19.4 Å². The molecule has 1 saturated heterocycles. The molecule has 1 aliphatic rings. The molecular weight excluding hydrogens is 256 g/mol. The van der Waals surface area contributed by atoms with E-state index in [0.717, 1.165) is 34.6 Å². The van der Waals surface area contributed by atoms with Crippen LogP contribution in [0, 0.1) is 17.6 Å². The Bertz CT molecular complexity index is 642. The summed E-state index contributed by atoms with van der Waals surface area (Å²) in [4.78, 5) is 10.2. The summed E-state index contributed by atoms with van der Waals surface area (Å²) in [5.74, 6) is 0.674. The number of rotatable bonds is 2. The van der Waals surface area contributed by atoms with Crippen LogP contribution in [0.4, 0.5) is 0 Å². The van der Waals surface area contributed by atoms with Gasteiger partial charge in [0, 0.05) is 19.3 Å². The van der Waals surface area contributed by atoms with E-state index < -0.39 is 0 Å². The minimum Gasteiger partial charge on any atom is -0.329 e. The summed E-state index contributed by atoms with van der Waals surface area (Å²) in [7, 11) is 2.20. The molecule has 2 aromatic rings. The highest BCUT2D eigenvalue weighted by Crippen LogP contribution is 2.20. The van der Waals surface area contributed by atoms with Gasteiger partial charge in [0.15, 0.2) is 10.4 Å². The number of likely N-dealkylation sites (tertiary alicyclic amines) is 1. The Labute approximate surface area is 118 Å². The van der Waals surface area contributed by atoms with Crippen molar-refractivity contribution in [3.8, 4) is 0 Å². The smallest absolute Gasteiger partial charge is 0.179 e. The highest BCUT2D eigenvalue weighted by molar-refractivity contribution is 7.71. The van der Waals surface area contributed by atoms with Crippen molar-refractivity contribution in [3.63, 3.8) is 0 Å². The molecule has 3 rings (SSSR count). The number of aromatic nitrogens is 3. The average Bonchev–Trinajstić information content (AvgIpc) is 2.65. The third kappa shape index (κ3) is 2.58. The van der Waals surface area contributed by atoms with Crippen molar-refractivity contribution in [2.24, 2.45) is 5.92 Å². The van der Waals surface area contributed by atoms with Gasteiger partial charge in [0.05, 0.1) is 5.52 Å². The minimum absolute atomic E-state index is 0.674. The Kier molecular flexibility index (Phi) is 3.41. The van der Waals surface area contributed by atoms with E-state index in [4.69, 9.17) is 12.2 Å². The van der Waals surface area contributed by atoms with Crippen LogP contribution in [0.5, 0.6) is 0 Å². The van der Waals surface area contributed by atoms with Gasteiger partial charge in [-0.05, 0) is 63.1 Å². The van der Waals surface area contributed by atoms with E-state index in [1.807, 2.05) is 6.20 Å².